The van der Waals surface area contributed by atoms with Crippen LogP contribution in [-0.4, -0.2) is 40.6 Å². The highest BCUT2D eigenvalue weighted by atomic mass is 32.2. The van der Waals surface area contributed by atoms with Gasteiger partial charge in [-0.2, -0.15) is 0 Å². The summed E-state index contributed by atoms with van der Waals surface area (Å²) in [5, 5.41) is 10.5. The van der Waals surface area contributed by atoms with Crippen LogP contribution >= 0.6 is 11.8 Å². The summed E-state index contributed by atoms with van der Waals surface area (Å²) in [6.07, 6.45) is 0.855. The summed E-state index contributed by atoms with van der Waals surface area (Å²) in [6.45, 7) is 1.35. The Kier molecular flexibility index (Phi) is 4.39. The largest absolute Gasteiger partial charge is 0.340 e. The van der Waals surface area contributed by atoms with Crippen LogP contribution in [0, 0.1) is 10.1 Å². The minimum Gasteiger partial charge on any atom is -0.340 e. The topological polar surface area (TPSA) is 89.5 Å². The van der Waals surface area contributed by atoms with Gasteiger partial charge in [-0.15, -0.1) is 11.8 Å². The highest BCUT2D eigenvalue weighted by Gasteiger charge is 2.23. The minimum atomic E-state index is -0.439. The lowest BCUT2D eigenvalue weighted by Crippen LogP contribution is -2.33. The van der Waals surface area contributed by atoms with E-state index in [2.05, 4.69) is 0 Å². The predicted octanol–water partition coefficient (Wildman–Crippen LogP) is 1.25. The van der Waals surface area contributed by atoms with Gasteiger partial charge < -0.3 is 10.6 Å². The predicted molar refractivity (Wildman–Crippen MR) is 73.0 cm³/mol. The fourth-order valence-electron chi connectivity index (χ4n) is 1.91. The first-order chi connectivity index (χ1) is 9.06. The van der Waals surface area contributed by atoms with Crippen LogP contribution in [0.3, 0.4) is 0 Å². The molecular formula is C12H15N3O3S. The van der Waals surface area contributed by atoms with Crippen molar-refractivity contribution in [1.29, 1.82) is 0 Å². The van der Waals surface area contributed by atoms with E-state index in [0.29, 0.717) is 12.3 Å². The Hall–Kier alpha value is -1.60. The average Bonchev–Trinajstić information content (AvgIpc) is 2.83. The van der Waals surface area contributed by atoms with Crippen LogP contribution < -0.4 is 5.73 Å². The molecule has 1 fully saturated rings. The van der Waals surface area contributed by atoms with Gasteiger partial charge in [-0.3, -0.25) is 14.9 Å². The molecule has 0 aromatic heterocycles. The molecular weight excluding hydrogens is 266 g/mol. The number of hydrogen-bond acceptors (Lipinski definition) is 5. The van der Waals surface area contributed by atoms with Crippen molar-refractivity contribution in [3.8, 4) is 0 Å². The van der Waals surface area contributed by atoms with Gasteiger partial charge in [0.25, 0.3) is 5.69 Å². The van der Waals surface area contributed by atoms with E-state index in [0.717, 1.165) is 17.9 Å². The number of nitro groups is 1. The molecule has 1 aliphatic rings. The molecule has 1 amide bonds. The van der Waals surface area contributed by atoms with E-state index < -0.39 is 4.92 Å². The van der Waals surface area contributed by atoms with Gasteiger partial charge in [0.15, 0.2) is 0 Å². The van der Waals surface area contributed by atoms with E-state index in [1.165, 1.54) is 23.9 Å². The molecule has 6 nitrogen and oxygen atoms in total. The third-order valence-electron chi connectivity index (χ3n) is 2.99. The molecule has 2 rings (SSSR count). The Morgan fingerprint density at radius 2 is 2.16 bits per heavy atom. The normalized spacial score (nSPS) is 18.6. The fourth-order valence-corrected chi connectivity index (χ4v) is 2.72. The number of non-ortho nitro benzene ring substituents is 1. The maximum Gasteiger partial charge on any atom is 0.269 e. The number of rotatable bonds is 4. The van der Waals surface area contributed by atoms with Crippen LogP contribution in [0.5, 0.6) is 0 Å². The third kappa shape index (κ3) is 3.68. The first-order valence-corrected chi connectivity index (χ1v) is 6.95. The maximum atomic E-state index is 11.9. The zero-order valence-electron chi connectivity index (χ0n) is 10.3. The van der Waals surface area contributed by atoms with E-state index in [4.69, 9.17) is 5.73 Å². The van der Waals surface area contributed by atoms with Crippen molar-refractivity contribution in [2.45, 2.75) is 17.4 Å². The fraction of sp³-hybridized carbons (Fsp3) is 0.417. The van der Waals surface area contributed by atoms with Gasteiger partial charge in [0, 0.05) is 36.2 Å². The standard InChI is InChI=1S/C12H15N3O3S/c13-9-5-6-14(7-9)12(16)8-19-11-3-1-10(2-4-11)15(17)18/h1-4,9H,5-8,13H2/t9-/m1/s1. The lowest BCUT2D eigenvalue weighted by Gasteiger charge is -2.15. The number of amides is 1. The summed E-state index contributed by atoms with van der Waals surface area (Å²) in [5.41, 5.74) is 5.81. The average molecular weight is 281 g/mol. The first-order valence-electron chi connectivity index (χ1n) is 5.97. The SMILES string of the molecule is N[C@@H]1CCN(C(=O)CSc2ccc([N+](=O)[O-])cc2)C1. The second-order valence-corrected chi connectivity index (χ2v) is 5.48. The number of nitrogens with two attached hydrogens (primary N) is 1. The Bertz CT molecular complexity index is 478. The van der Waals surface area contributed by atoms with Crippen LogP contribution in [0.25, 0.3) is 0 Å². The zero-order valence-corrected chi connectivity index (χ0v) is 11.1. The Morgan fingerprint density at radius 3 is 2.68 bits per heavy atom. The molecule has 2 N–H and O–H groups in total. The van der Waals surface area contributed by atoms with Crippen LogP contribution in [0.15, 0.2) is 29.2 Å². The summed E-state index contributed by atoms with van der Waals surface area (Å²) >= 11 is 1.38. The summed E-state index contributed by atoms with van der Waals surface area (Å²) in [4.78, 5) is 24.6. The monoisotopic (exact) mass is 281 g/mol. The lowest BCUT2D eigenvalue weighted by atomic mass is 10.3. The second kappa shape index (κ2) is 6.03. The van der Waals surface area contributed by atoms with Crippen LogP contribution in [0.1, 0.15) is 6.42 Å². The minimum absolute atomic E-state index is 0.0567. The van der Waals surface area contributed by atoms with E-state index in [-0.39, 0.29) is 17.6 Å². The molecule has 1 atom stereocenters. The van der Waals surface area contributed by atoms with Crippen LogP contribution in [0.2, 0.25) is 0 Å². The molecule has 102 valence electrons. The van der Waals surface area contributed by atoms with Crippen molar-refractivity contribution in [2.24, 2.45) is 5.73 Å². The highest BCUT2D eigenvalue weighted by molar-refractivity contribution is 8.00. The molecule has 0 saturated carbocycles. The van der Waals surface area contributed by atoms with E-state index in [9.17, 15) is 14.9 Å². The number of nitrogens with zero attached hydrogens (tertiary/aromatic N) is 2. The Balaban J connectivity index is 1.85. The third-order valence-corrected chi connectivity index (χ3v) is 3.98. The van der Waals surface area contributed by atoms with E-state index in [1.54, 1.807) is 17.0 Å². The molecule has 1 aliphatic heterocycles. The summed E-state index contributed by atoms with van der Waals surface area (Å²) in [5.74, 6) is 0.404. The van der Waals surface area contributed by atoms with Crippen molar-refractivity contribution < 1.29 is 9.72 Å². The Morgan fingerprint density at radius 1 is 1.47 bits per heavy atom. The highest BCUT2D eigenvalue weighted by Crippen LogP contribution is 2.22. The molecule has 0 spiro atoms. The lowest BCUT2D eigenvalue weighted by molar-refractivity contribution is -0.384. The number of hydrogen-bond donors (Lipinski definition) is 1. The number of benzene rings is 1. The molecule has 0 unspecified atom stereocenters. The van der Waals surface area contributed by atoms with Gasteiger partial charge in [-0.1, -0.05) is 0 Å². The van der Waals surface area contributed by atoms with Crippen molar-refractivity contribution in [3.63, 3.8) is 0 Å². The molecule has 0 radical (unpaired) electrons. The second-order valence-electron chi connectivity index (χ2n) is 4.43. The van der Waals surface area contributed by atoms with Gasteiger partial charge >= 0.3 is 0 Å². The zero-order chi connectivity index (χ0) is 13.8. The molecule has 7 heteroatoms. The maximum absolute atomic E-state index is 11.9. The van der Waals surface area contributed by atoms with Gasteiger partial charge in [0.2, 0.25) is 5.91 Å². The van der Waals surface area contributed by atoms with Gasteiger partial charge in [0.05, 0.1) is 10.7 Å². The molecule has 1 aromatic carbocycles. The van der Waals surface area contributed by atoms with E-state index >= 15 is 0 Å². The Labute approximate surface area is 115 Å². The summed E-state index contributed by atoms with van der Waals surface area (Å²) < 4.78 is 0. The van der Waals surface area contributed by atoms with Crippen molar-refractivity contribution in [2.75, 3.05) is 18.8 Å². The van der Waals surface area contributed by atoms with E-state index in [1.807, 2.05) is 0 Å². The van der Waals surface area contributed by atoms with Crippen LogP contribution in [0.4, 0.5) is 5.69 Å². The van der Waals surface area contributed by atoms with Crippen molar-refractivity contribution in [1.82, 2.24) is 4.90 Å². The van der Waals surface area contributed by atoms with Crippen molar-refractivity contribution >= 4 is 23.4 Å². The molecule has 0 bridgehead atoms. The van der Waals surface area contributed by atoms with Gasteiger partial charge in [-0.25, -0.2) is 0 Å². The number of thioether (sulfide) groups is 1. The van der Waals surface area contributed by atoms with Gasteiger partial charge in [0.1, 0.15) is 0 Å². The molecule has 0 aliphatic carbocycles. The molecule has 1 saturated heterocycles. The van der Waals surface area contributed by atoms with Gasteiger partial charge in [-0.05, 0) is 18.6 Å². The number of nitro benzene ring substituents is 1. The molecule has 1 heterocycles. The first kappa shape index (κ1) is 13.8. The smallest absolute Gasteiger partial charge is 0.269 e. The number of carbonyl (C=O) groups is 1. The number of likely N-dealkylation sites (tertiary alicyclic amines) is 1. The number of carbonyl (C=O) groups excluding carboxylic acids is 1. The quantitative estimate of drug-likeness (QED) is 0.509. The van der Waals surface area contributed by atoms with Crippen LogP contribution in [-0.2, 0) is 4.79 Å². The molecule has 19 heavy (non-hydrogen) atoms. The summed E-state index contributed by atoms with van der Waals surface area (Å²) in [7, 11) is 0. The van der Waals surface area contributed by atoms with Crippen molar-refractivity contribution in [3.05, 3.63) is 34.4 Å². The summed E-state index contributed by atoms with van der Waals surface area (Å²) in [6, 6.07) is 6.29. The molecule has 1 aromatic rings.